The Balaban J connectivity index is 0.00000144. The lowest BCUT2D eigenvalue weighted by molar-refractivity contribution is 0.0624. The van der Waals surface area contributed by atoms with Crippen LogP contribution in [-0.4, -0.2) is 29.9 Å². The molecule has 1 aromatic heterocycles. The van der Waals surface area contributed by atoms with Crippen molar-refractivity contribution in [1.29, 1.82) is 0 Å². The summed E-state index contributed by atoms with van der Waals surface area (Å²) in [6.45, 7) is 1.43. The van der Waals surface area contributed by atoms with Crippen molar-refractivity contribution in [2.24, 2.45) is 5.73 Å². The van der Waals surface area contributed by atoms with Crippen molar-refractivity contribution in [3.05, 3.63) is 19.9 Å². The number of piperidine rings is 1. The number of carbonyl (C=O) groups is 1. The number of hydrogen-bond acceptors (Lipinski definition) is 3. The molecule has 1 aromatic rings. The molecule has 1 unspecified atom stereocenters. The van der Waals surface area contributed by atoms with Crippen LogP contribution < -0.4 is 5.73 Å². The minimum Gasteiger partial charge on any atom is -0.334 e. The van der Waals surface area contributed by atoms with Gasteiger partial charge in [-0.2, -0.15) is 0 Å². The molecule has 17 heavy (non-hydrogen) atoms. The summed E-state index contributed by atoms with van der Waals surface area (Å²) in [4.78, 5) is 14.2. The number of nitrogens with two attached hydrogens (primary N) is 1. The van der Waals surface area contributed by atoms with E-state index in [0.717, 1.165) is 27.8 Å². The van der Waals surface area contributed by atoms with Gasteiger partial charge in [-0.1, -0.05) is 0 Å². The average molecular weight is 387 g/mol. The summed E-state index contributed by atoms with van der Waals surface area (Å²) >= 11 is 3.86. The van der Waals surface area contributed by atoms with Gasteiger partial charge in [0.2, 0.25) is 0 Å². The van der Waals surface area contributed by atoms with Crippen LogP contribution in [-0.2, 0) is 0 Å². The van der Waals surface area contributed by atoms with Gasteiger partial charge in [-0.25, -0.2) is 0 Å². The fraction of sp³-hybridized carbons (Fsp3) is 0.545. The highest BCUT2D eigenvalue weighted by Gasteiger charge is 2.26. The Kier molecular flexibility index (Phi) is 6.19. The van der Waals surface area contributed by atoms with E-state index in [1.807, 2.05) is 16.3 Å². The molecule has 2 N–H and O–H groups in total. The van der Waals surface area contributed by atoms with Crippen molar-refractivity contribution in [3.63, 3.8) is 0 Å². The maximum atomic E-state index is 12.3. The van der Waals surface area contributed by atoms with E-state index in [-0.39, 0.29) is 24.4 Å². The number of likely N-dealkylation sites (tertiary alicyclic amines) is 1. The second-order valence-corrected chi connectivity index (χ2v) is 6.83. The number of hydrogen-bond donors (Lipinski definition) is 1. The van der Waals surface area contributed by atoms with Crippen molar-refractivity contribution in [3.8, 4) is 0 Å². The molecule has 1 aliphatic rings. The lowest BCUT2D eigenvalue weighted by Gasteiger charge is -2.34. The maximum absolute atomic E-state index is 12.3. The average Bonchev–Trinajstić information content (AvgIpc) is 2.75. The molecule has 0 saturated carbocycles. The number of thiophene rings is 1. The van der Waals surface area contributed by atoms with Gasteiger partial charge in [0.1, 0.15) is 0 Å². The highest BCUT2D eigenvalue weighted by molar-refractivity contribution is 14.1. The zero-order valence-electron chi connectivity index (χ0n) is 9.39. The van der Waals surface area contributed by atoms with Gasteiger partial charge in [0.05, 0.1) is 8.45 Å². The van der Waals surface area contributed by atoms with Gasteiger partial charge >= 0.3 is 0 Å². The number of nitrogens with zero attached hydrogens (tertiary/aromatic N) is 1. The number of rotatable bonds is 2. The van der Waals surface area contributed by atoms with Gasteiger partial charge in [0, 0.05) is 24.5 Å². The van der Waals surface area contributed by atoms with Crippen LogP contribution >= 0.6 is 46.3 Å². The van der Waals surface area contributed by atoms with E-state index < -0.39 is 0 Å². The van der Waals surface area contributed by atoms with Crippen molar-refractivity contribution in [1.82, 2.24) is 4.90 Å². The largest absolute Gasteiger partial charge is 0.334 e. The third-order valence-corrected chi connectivity index (χ3v) is 4.76. The van der Waals surface area contributed by atoms with Crippen LogP contribution in [0, 0.1) is 2.88 Å². The predicted molar refractivity (Wildman–Crippen MR) is 82.0 cm³/mol. The Labute approximate surface area is 125 Å². The van der Waals surface area contributed by atoms with E-state index in [4.69, 9.17) is 5.73 Å². The zero-order chi connectivity index (χ0) is 11.5. The second-order valence-electron chi connectivity index (χ2n) is 4.02. The fourth-order valence-corrected chi connectivity index (χ4v) is 3.42. The molecule has 1 saturated heterocycles. The predicted octanol–water partition coefficient (Wildman–Crippen LogP) is 2.73. The van der Waals surface area contributed by atoms with Gasteiger partial charge in [0.25, 0.3) is 5.91 Å². The molecular formula is C11H16ClIN2OS. The fourth-order valence-electron chi connectivity index (χ4n) is 2.10. The monoisotopic (exact) mass is 386 g/mol. The van der Waals surface area contributed by atoms with Crippen LogP contribution in [0.2, 0.25) is 0 Å². The van der Waals surface area contributed by atoms with E-state index >= 15 is 0 Å². The van der Waals surface area contributed by atoms with Crippen LogP contribution in [0.15, 0.2) is 11.4 Å². The summed E-state index contributed by atoms with van der Waals surface area (Å²) in [5.74, 6) is 0.148. The van der Waals surface area contributed by atoms with Crippen LogP contribution in [0.3, 0.4) is 0 Å². The Morgan fingerprint density at radius 2 is 2.35 bits per heavy atom. The SMILES string of the molecule is Cl.NCC1CCCCN1C(=O)c1csc(I)c1. The molecule has 6 heteroatoms. The van der Waals surface area contributed by atoms with Crippen LogP contribution in [0.4, 0.5) is 0 Å². The van der Waals surface area contributed by atoms with Crippen molar-refractivity contribution in [2.75, 3.05) is 13.1 Å². The van der Waals surface area contributed by atoms with Crippen molar-refractivity contribution < 1.29 is 4.79 Å². The van der Waals surface area contributed by atoms with Crippen molar-refractivity contribution in [2.45, 2.75) is 25.3 Å². The molecule has 1 atom stereocenters. The highest BCUT2D eigenvalue weighted by Crippen LogP contribution is 2.22. The molecule has 2 rings (SSSR count). The Hall–Kier alpha value is 0.150. The molecule has 3 nitrogen and oxygen atoms in total. The first-order chi connectivity index (χ1) is 7.72. The summed E-state index contributed by atoms with van der Waals surface area (Å²) in [7, 11) is 0. The van der Waals surface area contributed by atoms with Crippen LogP contribution in [0.25, 0.3) is 0 Å². The molecule has 0 aliphatic carbocycles. The molecule has 0 bridgehead atoms. The zero-order valence-corrected chi connectivity index (χ0v) is 13.2. The molecule has 1 aliphatic heterocycles. The Morgan fingerprint density at radius 3 is 2.94 bits per heavy atom. The standard InChI is InChI=1S/C11H15IN2OS.ClH/c12-10-5-8(7-16-10)11(15)14-4-2-1-3-9(14)6-13;/h5,7,9H,1-4,6,13H2;1H. The van der Waals surface area contributed by atoms with Crippen LogP contribution in [0.5, 0.6) is 0 Å². The van der Waals surface area contributed by atoms with Gasteiger partial charge in [0.15, 0.2) is 0 Å². The number of halogens is 2. The van der Waals surface area contributed by atoms with Gasteiger partial charge in [-0.05, 0) is 47.9 Å². The summed E-state index contributed by atoms with van der Waals surface area (Å²) < 4.78 is 1.15. The summed E-state index contributed by atoms with van der Waals surface area (Å²) in [5.41, 5.74) is 6.54. The first-order valence-electron chi connectivity index (χ1n) is 5.47. The van der Waals surface area contributed by atoms with E-state index in [2.05, 4.69) is 22.6 Å². The molecule has 1 amide bonds. The second kappa shape index (κ2) is 6.92. The van der Waals surface area contributed by atoms with E-state index in [1.165, 1.54) is 6.42 Å². The lowest BCUT2D eigenvalue weighted by Crippen LogP contribution is -2.47. The topological polar surface area (TPSA) is 46.3 Å². The molecule has 96 valence electrons. The van der Waals surface area contributed by atoms with E-state index in [1.54, 1.807) is 11.3 Å². The summed E-state index contributed by atoms with van der Waals surface area (Å²) in [5, 5.41) is 1.94. The Morgan fingerprint density at radius 1 is 1.59 bits per heavy atom. The molecule has 1 fully saturated rings. The number of amides is 1. The summed E-state index contributed by atoms with van der Waals surface area (Å²) in [6.07, 6.45) is 3.33. The Bertz CT molecular complexity index is 385. The highest BCUT2D eigenvalue weighted by atomic mass is 127. The smallest absolute Gasteiger partial charge is 0.255 e. The molecular weight excluding hydrogens is 371 g/mol. The third kappa shape index (κ3) is 3.56. The van der Waals surface area contributed by atoms with Gasteiger partial charge < -0.3 is 10.6 Å². The third-order valence-electron chi connectivity index (χ3n) is 2.97. The van der Waals surface area contributed by atoms with Crippen LogP contribution in [0.1, 0.15) is 29.6 Å². The number of carbonyl (C=O) groups excluding carboxylic acids is 1. The normalized spacial score (nSPS) is 19.9. The maximum Gasteiger partial charge on any atom is 0.255 e. The first-order valence-corrected chi connectivity index (χ1v) is 7.43. The van der Waals surface area contributed by atoms with E-state index in [9.17, 15) is 4.79 Å². The minimum atomic E-state index is 0. The molecule has 0 aromatic carbocycles. The lowest BCUT2D eigenvalue weighted by atomic mass is 10.0. The van der Waals surface area contributed by atoms with Gasteiger partial charge in [-0.3, -0.25) is 4.79 Å². The first kappa shape index (κ1) is 15.2. The molecule has 0 spiro atoms. The quantitative estimate of drug-likeness (QED) is 0.795. The van der Waals surface area contributed by atoms with Crippen molar-refractivity contribution >= 4 is 52.2 Å². The van der Waals surface area contributed by atoms with E-state index in [0.29, 0.717) is 6.54 Å². The molecule has 2 heterocycles. The summed E-state index contributed by atoms with van der Waals surface area (Å²) in [6, 6.07) is 2.19. The van der Waals surface area contributed by atoms with Gasteiger partial charge in [-0.15, -0.1) is 23.7 Å². The molecule has 0 radical (unpaired) electrons. The minimum absolute atomic E-state index is 0.